The topological polar surface area (TPSA) is 74.8 Å². The minimum Gasteiger partial charge on any atom is -0.343 e. The van der Waals surface area contributed by atoms with Gasteiger partial charge in [-0.3, -0.25) is 9.59 Å². The Balaban J connectivity index is 1.90. The molecule has 0 amide bonds. The van der Waals surface area contributed by atoms with Crippen molar-refractivity contribution in [2.75, 3.05) is 5.32 Å². The Labute approximate surface area is 181 Å². The summed E-state index contributed by atoms with van der Waals surface area (Å²) < 4.78 is 0. The van der Waals surface area contributed by atoms with Crippen molar-refractivity contribution in [1.29, 1.82) is 0 Å². The zero-order valence-electron chi connectivity index (χ0n) is 18.3. The fourth-order valence-corrected chi connectivity index (χ4v) is 5.16. The van der Waals surface area contributed by atoms with Crippen LogP contribution in [0.1, 0.15) is 69.6 Å². The van der Waals surface area contributed by atoms with Gasteiger partial charge in [0.2, 0.25) is 0 Å². The molecule has 2 aromatic rings. The van der Waals surface area contributed by atoms with Crippen LogP contribution in [-0.2, 0) is 4.79 Å². The predicted octanol–water partition coefficient (Wildman–Crippen LogP) is 5.17. The Hall–Kier alpha value is -2.34. The maximum atomic E-state index is 13.2. The highest BCUT2D eigenvalue weighted by Gasteiger charge is 2.42. The number of carbonyl (C=O) groups excluding carboxylic acids is 1. The van der Waals surface area contributed by atoms with Crippen LogP contribution in [0.4, 0.5) is 5.82 Å². The number of allylic oxidation sites excluding steroid dienone is 2. The zero-order valence-corrected chi connectivity index (χ0v) is 19.1. The summed E-state index contributed by atoms with van der Waals surface area (Å²) in [7, 11) is 0. The molecule has 0 fully saturated rings. The highest BCUT2D eigenvalue weighted by atomic mass is 32.2. The summed E-state index contributed by atoms with van der Waals surface area (Å²) in [5, 5.41) is 4.36. The first-order chi connectivity index (χ1) is 14.2. The molecule has 30 heavy (non-hydrogen) atoms. The van der Waals surface area contributed by atoms with E-state index < -0.39 is 0 Å². The van der Waals surface area contributed by atoms with Gasteiger partial charge in [-0.2, -0.15) is 0 Å². The molecule has 2 unspecified atom stereocenters. The van der Waals surface area contributed by atoms with Crippen molar-refractivity contribution in [3.63, 3.8) is 0 Å². The Morgan fingerprint density at radius 3 is 2.57 bits per heavy atom. The van der Waals surface area contributed by atoms with E-state index in [0.29, 0.717) is 28.2 Å². The van der Waals surface area contributed by atoms with E-state index in [9.17, 15) is 9.59 Å². The molecule has 0 radical (unpaired) electrons. The number of hydrogen-bond acceptors (Lipinski definition) is 5. The Bertz CT molecular complexity index is 1080. The number of hydrogen-bond donors (Lipinski definition) is 2. The standard InChI is InChI=1S/C24H29N3O2S/c1-6-14(3)30-23-26-21-20(22(29)27-23)18(15-9-7-13(2)8-10-15)19-16(25-21)11-24(4,5)12-17(19)28/h7-10,14,18H,6,11-12H2,1-5H3,(H2,25,26,27,29). The largest absolute Gasteiger partial charge is 0.343 e. The smallest absolute Gasteiger partial charge is 0.257 e. The summed E-state index contributed by atoms with van der Waals surface area (Å²) in [6.07, 6.45) is 2.24. The second-order valence-electron chi connectivity index (χ2n) is 9.27. The molecular formula is C24H29N3O2S. The van der Waals surface area contributed by atoms with Crippen LogP contribution in [0.3, 0.4) is 0 Å². The van der Waals surface area contributed by atoms with Crippen molar-refractivity contribution in [2.45, 2.75) is 70.2 Å². The molecule has 1 aliphatic carbocycles. The van der Waals surface area contributed by atoms with Gasteiger partial charge in [-0.15, -0.1) is 0 Å². The molecule has 4 rings (SSSR count). The molecule has 0 saturated heterocycles. The maximum absolute atomic E-state index is 13.2. The molecular weight excluding hydrogens is 394 g/mol. The van der Waals surface area contributed by atoms with Gasteiger partial charge in [0.05, 0.1) is 5.56 Å². The van der Waals surface area contributed by atoms with Crippen LogP contribution in [0, 0.1) is 12.3 Å². The molecule has 0 bridgehead atoms. The summed E-state index contributed by atoms with van der Waals surface area (Å²) >= 11 is 1.57. The number of aromatic amines is 1. The van der Waals surface area contributed by atoms with E-state index in [1.54, 1.807) is 11.8 Å². The third-order valence-corrected chi connectivity index (χ3v) is 7.15. The first-order valence-corrected chi connectivity index (χ1v) is 11.5. The number of Topliss-reactive ketones (excluding diaryl/α,β-unsaturated/α-hetero) is 1. The number of aromatic nitrogens is 2. The van der Waals surface area contributed by atoms with E-state index in [2.05, 4.69) is 38.0 Å². The third-order valence-electron chi connectivity index (χ3n) is 6.00. The summed E-state index contributed by atoms with van der Waals surface area (Å²) in [5.74, 6) is 0.307. The van der Waals surface area contributed by atoms with Gasteiger partial charge in [0.15, 0.2) is 10.9 Å². The van der Waals surface area contributed by atoms with Crippen molar-refractivity contribution in [3.8, 4) is 0 Å². The van der Waals surface area contributed by atoms with Crippen LogP contribution in [0.2, 0.25) is 0 Å². The summed E-state index contributed by atoms with van der Waals surface area (Å²) in [4.78, 5) is 34.2. The van der Waals surface area contributed by atoms with Crippen molar-refractivity contribution in [2.24, 2.45) is 5.41 Å². The highest BCUT2D eigenvalue weighted by Crippen LogP contribution is 2.47. The average molecular weight is 424 g/mol. The molecule has 0 saturated carbocycles. The lowest BCUT2D eigenvalue weighted by molar-refractivity contribution is -0.118. The second-order valence-corrected chi connectivity index (χ2v) is 10.7. The number of thioether (sulfide) groups is 1. The van der Waals surface area contributed by atoms with Gasteiger partial charge < -0.3 is 10.3 Å². The first kappa shape index (κ1) is 20.9. The maximum Gasteiger partial charge on any atom is 0.257 e. The van der Waals surface area contributed by atoms with Crippen LogP contribution >= 0.6 is 11.8 Å². The molecule has 2 heterocycles. The number of H-pyrrole nitrogens is 1. The van der Waals surface area contributed by atoms with Gasteiger partial charge in [0.25, 0.3) is 5.56 Å². The molecule has 1 aliphatic heterocycles. The molecule has 1 aromatic heterocycles. The van der Waals surface area contributed by atoms with E-state index in [1.807, 2.05) is 31.2 Å². The minimum absolute atomic E-state index is 0.113. The number of fused-ring (bicyclic) bond motifs is 1. The number of anilines is 1. The third kappa shape index (κ3) is 3.85. The monoisotopic (exact) mass is 423 g/mol. The van der Waals surface area contributed by atoms with Gasteiger partial charge in [-0.05, 0) is 30.7 Å². The van der Waals surface area contributed by atoms with Crippen LogP contribution in [0.15, 0.2) is 45.5 Å². The molecule has 6 heteroatoms. The molecule has 5 nitrogen and oxygen atoms in total. The van der Waals surface area contributed by atoms with Crippen molar-refractivity contribution in [3.05, 3.63) is 62.6 Å². The lowest BCUT2D eigenvalue weighted by Crippen LogP contribution is -2.37. The molecule has 2 N–H and O–H groups in total. The molecule has 2 aliphatic rings. The van der Waals surface area contributed by atoms with E-state index in [0.717, 1.165) is 35.2 Å². The van der Waals surface area contributed by atoms with Crippen LogP contribution in [0.25, 0.3) is 0 Å². The van der Waals surface area contributed by atoms with Gasteiger partial charge >= 0.3 is 0 Å². The van der Waals surface area contributed by atoms with Gasteiger partial charge in [-0.1, -0.05) is 69.3 Å². The average Bonchev–Trinajstić information content (AvgIpc) is 2.66. The first-order valence-electron chi connectivity index (χ1n) is 10.6. The molecule has 2 atom stereocenters. The highest BCUT2D eigenvalue weighted by molar-refractivity contribution is 7.99. The van der Waals surface area contributed by atoms with Gasteiger partial charge in [0, 0.05) is 28.9 Å². The molecule has 0 spiro atoms. The SMILES string of the molecule is CCC(C)Sc1nc2c(c(=O)[nH]1)C(c1ccc(C)cc1)C1=C(CC(C)(C)CC1=O)N2. The summed E-state index contributed by atoms with van der Waals surface area (Å²) in [6, 6.07) is 8.11. The zero-order chi connectivity index (χ0) is 21.6. The Morgan fingerprint density at radius 1 is 1.20 bits per heavy atom. The fourth-order valence-electron chi connectivity index (χ4n) is 4.32. The summed E-state index contributed by atoms with van der Waals surface area (Å²) in [6.45, 7) is 10.5. The number of nitrogens with one attached hydrogen (secondary N) is 2. The summed E-state index contributed by atoms with van der Waals surface area (Å²) in [5.41, 5.74) is 3.98. The van der Waals surface area contributed by atoms with Crippen molar-refractivity contribution < 1.29 is 4.79 Å². The van der Waals surface area contributed by atoms with E-state index in [4.69, 9.17) is 4.98 Å². The van der Waals surface area contributed by atoms with E-state index in [-0.39, 0.29) is 22.7 Å². The second kappa shape index (κ2) is 7.73. The number of ketones is 1. The quantitative estimate of drug-likeness (QED) is 0.524. The Morgan fingerprint density at radius 2 is 1.90 bits per heavy atom. The van der Waals surface area contributed by atoms with Gasteiger partial charge in [-0.25, -0.2) is 4.98 Å². The molecule has 1 aromatic carbocycles. The lowest BCUT2D eigenvalue weighted by Gasteiger charge is -2.38. The molecule has 158 valence electrons. The van der Waals surface area contributed by atoms with E-state index >= 15 is 0 Å². The lowest BCUT2D eigenvalue weighted by atomic mass is 9.69. The fraction of sp³-hybridized carbons (Fsp3) is 0.458. The van der Waals surface area contributed by atoms with Crippen LogP contribution in [-0.4, -0.2) is 21.0 Å². The predicted molar refractivity (Wildman–Crippen MR) is 122 cm³/mol. The van der Waals surface area contributed by atoms with E-state index in [1.165, 1.54) is 0 Å². The number of nitrogens with zero attached hydrogens (tertiary/aromatic N) is 1. The normalized spacial score (nSPS) is 21.0. The van der Waals surface area contributed by atoms with Crippen molar-refractivity contribution >= 4 is 23.4 Å². The van der Waals surface area contributed by atoms with Crippen LogP contribution < -0.4 is 10.9 Å². The van der Waals surface area contributed by atoms with Crippen LogP contribution in [0.5, 0.6) is 0 Å². The number of aryl methyl sites for hydroxylation is 1. The number of carbonyl (C=O) groups is 1. The number of rotatable bonds is 4. The number of benzene rings is 1. The minimum atomic E-state index is -0.389. The van der Waals surface area contributed by atoms with Gasteiger partial charge in [0.1, 0.15) is 5.82 Å². The Kier molecular flexibility index (Phi) is 5.39. The van der Waals surface area contributed by atoms with Crippen molar-refractivity contribution in [1.82, 2.24) is 9.97 Å².